The van der Waals surface area contributed by atoms with Crippen LogP contribution in [-0.2, 0) is 5.75 Å². The van der Waals surface area contributed by atoms with Crippen molar-refractivity contribution in [3.05, 3.63) is 24.2 Å². The first kappa shape index (κ1) is 10.1. The van der Waals surface area contributed by atoms with Gasteiger partial charge in [-0.3, -0.25) is 0 Å². The van der Waals surface area contributed by atoms with Gasteiger partial charge >= 0.3 is 0 Å². The van der Waals surface area contributed by atoms with Crippen LogP contribution in [0.3, 0.4) is 0 Å². The number of thioether (sulfide) groups is 1. The minimum absolute atomic E-state index is 0.865. The van der Waals surface area contributed by atoms with Crippen LogP contribution in [-0.4, -0.2) is 18.8 Å². The number of piperidine rings is 1. The molecule has 1 aliphatic heterocycles. The standard InChI is InChI=1S/C11H17NOS/c1-3-10(7-12-5-1)8-14-9-11-4-2-6-13-11/h2,4,6,10,12H,1,3,5,7-9H2. The topological polar surface area (TPSA) is 25.2 Å². The highest BCUT2D eigenvalue weighted by Crippen LogP contribution is 2.19. The van der Waals surface area contributed by atoms with E-state index in [-0.39, 0.29) is 0 Å². The Hall–Kier alpha value is -0.410. The minimum Gasteiger partial charge on any atom is -0.468 e. The van der Waals surface area contributed by atoms with E-state index in [0.717, 1.165) is 17.4 Å². The molecule has 0 bridgehead atoms. The van der Waals surface area contributed by atoms with Crippen LogP contribution in [0.5, 0.6) is 0 Å². The Bertz CT molecular complexity index is 242. The molecule has 2 nitrogen and oxygen atoms in total. The van der Waals surface area contributed by atoms with Crippen LogP contribution in [0.25, 0.3) is 0 Å². The molecular formula is C11H17NOS. The van der Waals surface area contributed by atoms with E-state index in [1.807, 2.05) is 23.9 Å². The van der Waals surface area contributed by atoms with Gasteiger partial charge in [0.15, 0.2) is 0 Å². The van der Waals surface area contributed by atoms with Crippen molar-refractivity contribution in [3.8, 4) is 0 Å². The molecule has 1 aliphatic rings. The minimum atomic E-state index is 0.865. The van der Waals surface area contributed by atoms with Crippen LogP contribution in [0.15, 0.2) is 22.8 Å². The summed E-state index contributed by atoms with van der Waals surface area (Å²) in [6, 6.07) is 4.00. The Kier molecular flexibility index (Phi) is 3.95. The van der Waals surface area contributed by atoms with Crippen LogP contribution >= 0.6 is 11.8 Å². The molecule has 0 saturated carbocycles. The number of rotatable bonds is 4. The third-order valence-electron chi connectivity index (χ3n) is 2.58. The van der Waals surface area contributed by atoms with Gasteiger partial charge in [-0.05, 0) is 49.7 Å². The zero-order valence-corrected chi connectivity index (χ0v) is 9.19. The van der Waals surface area contributed by atoms with Gasteiger partial charge < -0.3 is 9.73 Å². The number of hydrogen-bond acceptors (Lipinski definition) is 3. The van der Waals surface area contributed by atoms with E-state index < -0.39 is 0 Å². The fourth-order valence-electron chi connectivity index (χ4n) is 1.79. The maximum absolute atomic E-state index is 5.29. The Morgan fingerprint density at radius 3 is 3.29 bits per heavy atom. The Morgan fingerprint density at radius 1 is 1.57 bits per heavy atom. The van der Waals surface area contributed by atoms with Crippen molar-refractivity contribution in [3.63, 3.8) is 0 Å². The molecule has 1 atom stereocenters. The monoisotopic (exact) mass is 211 g/mol. The van der Waals surface area contributed by atoms with E-state index in [4.69, 9.17) is 4.42 Å². The number of nitrogens with one attached hydrogen (secondary N) is 1. The summed E-state index contributed by atoms with van der Waals surface area (Å²) in [7, 11) is 0. The van der Waals surface area contributed by atoms with Crippen LogP contribution in [0.1, 0.15) is 18.6 Å². The molecule has 0 amide bonds. The van der Waals surface area contributed by atoms with Crippen molar-refractivity contribution in [1.29, 1.82) is 0 Å². The van der Waals surface area contributed by atoms with Gasteiger partial charge in [0, 0.05) is 0 Å². The maximum Gasteiger partial charge on any atom is 0.113 e. The van der Waals surface area contributed by atoms with Gasteiger partial charge in [-0.1, -0.05) is 0 Å². The van der Waals surface area contributed by atoms with Gasteiger partial charge in [0.2, 0.25) is 0 Å². The summed E-state index contributed by atoms with van der Waals surface area (Å²) in [5.41, 5.74) is 0. The summed E-state index contributed by atoms with van der Waals surface area (Å²) in [4.78, 5) is 0. The Morgan fingerprint density at radius 2 is 2.57 bits per heavy atom. The predicted molar refractivity (Wildman–Crippen MR) is 60.5 cm³/mol. The molecule has 2 heterocycles. The summed E-state index contributed by atoms with van der Waals surface area (Å²) in [6.07, 6.45) is 4.47. The van der Waals surface area contributed by atoms with Crippen LogP contribution < -0.4 is 5.32 Å². The summed E-state index contributed by atoms with van der Waals surface area (Å²) < 4.78 is 5.29. The molecule has 3 heteroatoms. The molecule has 1 N–H and O–H groups in total. The van der Waals surface area contributed by atoms with Gasteiger partial charge in [-0.2, -0.15) is 11.8 Å². The van der Waals surface area contributed by atoms with Crippen molar-refractivity contribution in [2.75, 3.05) is 18.8 Å². The molecule has 0 aliphatic carbocycles. The fraction of sp³-hybridized carbons (Fsp3) is 0.636. The summed E-state index contributed by atoms with van der Waals surface area (Å²) >= 11 is 1.98. The molecule has 0 radical (unpaired) electrons. The normalized spacial score (nSPS) is 22.4. The van der Waals surface area contributed by atoms with Gasteiger partial charge in [0.05, 0.1) is 12.0 Å². The highest BCUT2D eigenvalue weighted by atomic mass is 32.2. The fourth-order valence-corrected chi connectivity index (χ4v) is 2.89. The van der Waals surface area contributed by atoms with E-state index in [1.54, 1.807) is 6.26 Å². The molecule has 0 spiro atoms. The van der Waals surface area contributed by atoms with E-state index in [0.29, 0.717) is 0 Å². The largest absolute Gasteiger partial charge is 0.468 e. The van der Waals surface area contributed by atoms with Crippen LogP contribution in [0.2, 0.25) is 0 Å². The van der Waals surface area contributed by atoms with Crippen molar-refractivity contribution >= 4 is 11.8 Å². The summed E-state index contributed by atoms with van der Waals surface area (Å²) in [5, 5.41) is 3.44. The Balaban J connectivity index is 1.62. The van der Waals surface area contributed by atoms with E-state index in [9.17, 15) is 0 Å². The summed E-state index contributed by atoms with van der Waals surface area (Å²) in [6.45, 7) is 2.41. The smallest absolute Gasteiger partial charge is 0.113 e. The quantitative estimate of drug-likeness (QED) is 0.828. The average molecular weight is 211 g/mol. The van der Waals surface area contributed by atoms with E-state index in [1.165, 1.54) is 31.7 Å². The van der Waals surface area contributed by atoms with Crippen molar-refractivity contribution in [2.45, 2.75) is 18.6 Å². The zero-order valence-electron chi connectivity index (χ0n) is 8.37. The molecule has 0 aromatic carbocycles. The van der Waals surface area contributed by atoms with Gasteiger partial charge in [0.1, 0.15) is 5.76 Å². The molecular weight excluding hydrogens is 194 g/mol. The molecule has 78 valence electrons. The maximum atomic E-state index is 5.29. The first-order chi connectivity index (χ1) is 6.95. The molecule has 14 heavy (non-hydrogen) atoms. The third kappa shape index (κ3) is 3.07. The lowest BCUT2D eigenvalue weighted by molar-refractivity contribution is 0.410. The molecule has 1 fully saturated rings. The van der Waals surface area contributed by atoms with Crippen molar-refractivity contribution in [2.24, 2.45) is 5.92 Å². The highest BCUT2D eigenvalue weighted by molar-refractivity contribution is 7.98. The molecule has 2 rings (SSSR count). The van der Waals surface area contributed by atoms with Gasteiger partial charge in [0.25, 0.3) is 0 Å². The summed E-state index contributed by atoms with van der Waals surface area (Å²) in [5.74, 6) is 4.24. The molecule has 1 aromatic rings. The second-order valence-corrected chi connectivity index (χ2v) is 4.84. The SMILES string of the molecule is c1coc(CSCC2CCCNC2)c1. The van der Waals surface area contributed by atoms with Crippen LogP contribution in [0, 0.1) is 5.92 Å². The molecule has 1 unspecified atom stereocenters. The second kappa shape index (κ2) is 5.47. The lowest BCUT2D eigenvalue weighted by Crippen LogP contribution is -2.30. The van der Waals surface area contributed by atoms with E-state index >= 15 is 0 Å². The highest BCUT2D eigenvalue weighted by Gasteiger charge is 2.12. The van der Waals surface area contributed by atoms with E-state index in [2.05, 4.69) is 5.32 Å². The molecule has 1 saturated heterocycles. The zero-order chi connectivity index (χ0) is 9.64. The van der Waals surface area contributed by atoms with Crippen LogP contribution in [0.4, 0.5) is 0 Å². The average Bonchev–Trinajstić information content (AvgIpc) is 2.72. The number of hydrogen-bond donors (Lipinski definition) is 1. The third-order valence-corrected chi connectivity index (χ3v) is 3.77. The first-order valence-electron chi connectivity index (χ1n) is 5.26. The predicted octanol–water partition coefficient (Wildman–Crippen LogP) is 2.51. The van der Waals surface area contributed by atoms with Crippen molar-refractivity contribution < 1.29 is 4.42 Å². The Labute approximate surface area is 89.4 Å². The van der Waals surface area contributed by atoms with Crippen molar-refractivity contribution in [1.82, 2.24) is 5.32 Å². The first-order valence-corrected chi connectivity index (χ1v) is 6.41. The molecule has 1 aromatic heterocycles. The second-order valence-electron chi connectivity index (χ2n) is 3.81. The van der Waals surface area contributed by atoms with Gasteiger partial charge in [-0.15, -0.1) is 0 Å². The number of furan rings is 1. The lowest BCUT2D eigenvalue weighted by Gasteiger charge is -2.21. The lowest BCUT2D eigenvalue weighted by atomic mass is 10.0. The van der Waals surface area contributed by atoms with Gasteiger partial charge in [-0.25, -0.2) is 0 Å².